The molecule has 22 heavy (non-hydrogen) atoms. The van der Waals surface area contributed by atoms with Crippen LogP contribution in [0.5, 0.6) is 0 Å². The smallest absolute Gasteiger partial charge is 0.329 e. The van der Waals surface area contributed by atoms with Crippen LogP contribution in [0, 0.1) is 10.1 Å². The first-order valence-electron chi connectivity index (χ1n) is 6.37. The molecule has 0 spiro atoms. The summed E-state index contributed by atoms with van der Waals surface area (Å²) in [6.45, 7) is 3.72. The second-order valence-electron chi connectivity index (χ2n) is 4.74. The fraction of sp³-hybridized carbons (Fsp3) is 0.231. The van der Waals surface area contributed by atoms with Crippen LogP contribution in [0.2, 0.25) is 10.0 Å². The summed E-state index contributed by atoms with van der Waals surface area (Å²) in [5, 5.41) is 17.6. The van der Waals surface area contributed by atoms with E-state index in [0.29, 0.717) is 15.7 Å². The Labute approximate surface area is 136 Å². The number of hydrogen-bond donors (Lipinski definition) is 2. The van der Waals surface area contributed by atoms with E-state index in [-0.39, 0.29) is 23.5 Å². The van der Waals surface area contributed by atoms with Gasteiger partial charge in [-0.3, -0.25) is 10.1 Å². The molecule has 0 aliphatic heterocycles. The lowest BCUT2D eigenvalue weighted by Crippen LogP contribution is -2.14. The van der Waals surface area contributed by atoms with Gasteiger partial charge in [-0.2, -0.15) is 4.98 Å². The number of nitrogens with zero attached hydrogens (tertiary/aromatic N) is 3. The van der Waals surface area contributed by atoms with E-state index in [1.807, 2.05) is 13.8 Å². The summed E-state index contributed by atoms with van der Waals surface area (Å²) in [5.41, 5.74) is 0.437. The monoisotopic (exact) mass is 341 g/mol. The third-order valence-electron chi connectivity index (χ3n) is 2.57. The van der Waals surface area contributed by atoms with Crippen molar-refractivity contribution < 1.29 is 4.92 Å². The largest absolute Gasteiger partial charge is 0.362 e. The molecular formula is C13H13Cl2N5O2. The van der Waals surface area contributed by atoms with Crippen molar-refractivity contribution in [2.45, 2.75) is 19.9 Å². The van der Waals surface area contributed by atoms with Gasteiger partial charge in [-0.05, 0) is 32.0 Å². The van der Waals surface area contributed by atoms with Gasteiger partial charge in [-0.15, -0.1) is 0 Å². The molecule has 2 aromatic rings. The molecule has 1 aromatic heterocycles. The van der Waals surface area contributed by atoms with Gasteiger partial charge in [-0.25, -0.2) is 4.98 Å². The number of aromatic nitrogens is 2. The van der Waals surface area contributed by atoms with Crippen molar-refractivity contribution in [3.63, 3.8) is 0 Å². The maximum atomic E-state index is 11.0. The first kappa shape index (κ1) is 16.3. The Kier molecular flexibility index (Phi) is 4.99. The summed E-state index contributed by atoms with van der Waals surface area (Å²) in [4.78, 5) is 18.5. The molecule has 116 valence electrons. The van der Waals surface area contributed by atoms with Gasteiger partial charge < -0.3 is 10.6 Å². The maximum absolute atomic E-state index is 11.0. The van der Waals surface area contributed by atoms with E-state index in [4.69, 9.17) is 23.2 Å². The lowest BCUT2D eigenvalue weighted by atomic mass is 10.3. The number of halogens is 2. The van der Waals surface area contributed by atoms with Crippen LogP contribution in [0.15, 0.2) is 24.4 Å². The van der Waals surface area contributed by atoms with Crippen LogP contribution in [0.4, 0.5) is 23.1 Å². The molecule has 0 aliphatic carbocycles. The van der Waals surface area contributed by atoms with E-state index in [0.717, 1.165) is 6.20 Å². The SMILES string of the molecule is CC(C)Nc1nc(Nc2ccc(Cl)c(Cl)c2)ncc1[N+](=O)[O-]. The molecule has 9 heteroatoms. The molecule has 7 nitrogen and oxygen atoms in total. The minimum Gasteiger partial charge on any atom is -0.362 e. The van der Waals surface area contributed by atoms with Crippen LogP contribution in [0.3, 0.4) is 0 Å². The lowest BCUT2D eigenvalue weighted by molar-refractivity contribution is -0.384. The molecule has 0 saturated carbocycles. The summed E-state index contributed by atoms with van der Waals surface area (Å²) in [7, 11) is 0. The van der Waals surface area contributed by atoms with Crippen molar-refractivity contribution in [3.8, 4) is 0 Å². The summed E-state index contributed by atoms with van der Waals surface area (Å²) in [5.74, 6) is 0.365. The van der Waals surface area contributed by atoms with E-state index in [1.165, 1.54) is 0 Å². The zero-order valence-electron chi connectivity index (χ0n) is 11.8. The fourth-order valence-electron chi connectivity index (χ4n) is 1.65. The highest BCUT2D eigenvalue weighted by Crippen LogP contribution is 2.28. The third kappa shape index (κ3) is 3.96. The maximum Gasteiger partial charge on any atom is 0.329 e. The fourth-order valence-corrected chi connectivity index (χ4v) is 1.95. The standard InChI is InChI=1S/C13H13Cl2N5O2/c1-7(2)17-12-11(20(21)22)6-16-13(19-12)18-8-3-4-9(14)10(15)5-8/h3-7H,1-2H3,(H2,16,17,18,19). The molecule has 0 unspecified atom stereocenters. The first-order chi connectivity index (χ1) is 10.4. The Morgan fingerprint density at radius 2 is 2.00 bits per heavy atom. The molecule has 0 bridgehead atoms. The van der Waals surface area contributed by atoms with Crippen LogP contribution < -0.4 is 10.6 Å². The molecule has 0 radical (unpaired) electrons. The highest BCUT2D eigenvalue weighted by molar-refractivity contribution is 6.42. The van der Waals surface area contributed by atoms with Gasteiger partial charge in [-0.1, -0.05) is 23.2 Å². The molecule has 2 N–H and O–H groups in total. The number of benzene rings is 1. The van der Waals surface area contributed by atoms with Crippen molar-refractivity contribution in [2.75, 3.05) is 10.6 Å². The molecule has 0 aliphatic rings. The normalized spacial score (nSPS) is 10.6. The summed E-state index contributed by atoms with van der Waals surface area (Å²) >= 11 is 11.8. The van der Waals surface area contributed by atoms with E-state index < -0.39 is 4.92 Å². The van der Waals surface area contributed by atoms with Crippen LogP contribution >= 0.6 is 23.2 Å². The minimum absolute atomic E-state index is 0.00794. The third-order valence-corrected chi connectivity index (χ3v) is 3.31. The summed E-state index contributed by atoms with van der Waals surface area (Å²) in [6.07, 6.45) is 1.15. The molecule has 0 fully saturated rings. The number of rotatable bonds is 5. The van der Waals surface area contributed by atoms with Crippen molar-refractivity contribution in [2.24, 2.45) is 0 Å². The van der Waals surface area contributed by atoms with Gasteiger partial charge in [0.1, 0.15) is 6.20 Å². The Morgan fingerprint density at radius 1 is 1.27 bits per heavy atom. The zero-order chi connectivity index (χ0) is 16.3. The Bertz CT molecular complexity index is 709. The number of nitrogens with one attached hydrogen (secondary N) is 2. The molecule has 1 heterocycles. The van der Waals surface area contributed by atoms with Gasteiger partial charge in [0.2, 0.25) is 11.8 Å². The van der Waals surface area contributed by atoms with Crippen molar-refractivity contribution in [1.29, 1.82) is 0 Å². The molecule has 0 saturated heterocycles. The molecule has 0 atom stereocenters. The Balaban J connectivity index is 2.31. The average molecular weight is 342 g/mol. The predicted octanol–water partition coefficient (Wildman–Crippen LogP) is 4.26. The van der Waals surface area contributed by atoms with Gasteiger partial charge in [0.25, 0.3) is 0 Å². The second kappa shape index (κ2) is 6.76. The Morgan fingerprint density at radius 3 is 2.59 bits per heavy atom. The number of anilines is 3. The van der Waals surface area contributed by atoms with Gasteiger partial charge in [0, 0.05) is 11.7 Å². The van der Waals surface area contributed by atoms with Crippen molar-refractivity contribution in [3.05, 3.63) is 44.6 Å². The molecule has 1 aromatic carbocycles. The summed E-state index contributed by atoms with van der Waals surface area (Å²) < 4.78 is 0. The molecular weight excluding hydrogens is 329 g/mol. The van der Waals surface area contributed by atoms with Gasteiger partial charge in [0.15, 0.2) is 0 Å². The molecule has 0 amide bonds. The van der Waals surface area contributed by atoms with E-state index in [1.54, 1.807) is 18.2 Å². The zero-order valence-corrected chi connectivity index (χ0v) is 13.3. The van der Waals surface area contributed by atoms with Gasteiger partial charge in [0.05, 0.1) is 15.0 Å². The predicted molar refractivity (Wildman–Crippen MR) is 87.2 cm³/mol. The van der Waals surface area contributed by atoms with E-state index in [2.05, 4.69) is 20.6 Å². The quantitative estimate of drug-likeness (QED) is 0.623. The number of nitro groups is 1. The number of hydrogen-bond acceptors (Lipinski definition) is 6. The van der Waals surface area contributed by atoms with Crippen LogP contribution in [-0.2, 0) is 0 Å². The highest BCUT2D eigenvalue weighted by Gasteiger charge is 2.18. The van der Waals surface area contributed by atoms with Crippen LogP contribution in [0.1, 0.15) is 13.8 Å². The first-order valence-corrected chi connectivity index (χ1v) is 7.12. The van der Waals surface area contributed by atoms with Gasteiger partial charge >= 0.3 is 5.69 Å². The topological polar surface area (TPSA) is 93.0 Å². The van der Waals surface area contributed by atoms with Crippen molar-refractivity contribution in [1.82, 2.24) is 9.97 Å². The van der Waals surface area contributed by atoms with Crippen LogP contribution in [0.25, 0.3) is 0 Å². The second-order valence-corrected chi connectivity index (χ2v) is 5.55. The summed E-state index contributed by atoms with van der Waals surface area (Å²) in [6, 6.07) is 4.94. The van der Waals surface area contributed by atoms with E-state index >= 15 is 0 Å². The van der Waals surface area contributed by atoms with Crippen LogP contribution in [-0.4, -0.2) is 20.9 Å². The lowest BCUT2D eigenvalue weighted by Gasteiger charge is -2.11. The molecule has 2 rings (SSSR count). The van der Waals surface area contributed by atoms with E-state index in [9.17, 15) is 10.1 Å². The minimum atomic E-state index is -0.534. The average Bonchev–Trinajstić information content (AvgIpc) is 2.42. The van der Waals surface area contributed by atoms with Crippen molar-refractivity contribution >= 4 is 46.3 Å². The highest BCUT2D eigenvalue weighted by atomic mass is 35.5. The Hall–Kier alpha value is -2.12.